The Morgan fingerprint density at radius 3 is 2.04 bits per heavy atom. The zero-order valence-corrected chi connectivity index (χ0v) is 17.1. The average Bonchev–Trinajstić information content (AvgIpc) is 2.87. The van der Waals surface area contributed by atoms with Crippen LogP contribution in [0.2, 0.25) is 0 Å². The van der Waals surface area contributed by atoms with Crippen LogP contribution in [0.3, 0.4) is 0 Å². The maximum absolute atomic E-state index is 2.82. The Balaban J connectivity index is 1.52. The fourth-order valence-corrected chi connectivity index (χ4v) is 5.40. The Hall–Kier alpha value is -0.120. The van der Waals surface area contributed by atoms with Crippen molar-refractivity contribution in [3.63, 3.8) is 0 Å². The van der Waals surface area contributed by atoms with Gasteiger partial charge < -0.3 is 4.90 Å². The minimum Gasteiger partial charge on any atom is -0.301 e. The van der Waals surface area contributed by atoms with E-state index in [2.05, 4.69) is 56.2 Å². The Kier molecular flexibility index (Phi) is 5.36. The van der Waals surface area contributed by atoms with E-state index in [0.29, 0.717) is 11.1 Å². The van der Waals surface area contributed by atoms with E-state index >= 15 is 0 Å². The van der Waals surface area contributed by atoms with E-state index < -0.39 is 0 Å². The van der Waals surface area contributed by atoms with Gasteiger partial charge in [-0.25, -0.2) is 0 Å². The van der Waals surface area contributed by atoms with Crippen LogP contribution >= 0.6 is 0 Å². The van der Waals surface area contributed by atoms with E-state index in [-0.39, 0.29) is 0 Å². The Bertz CT molecular complexity index is 412. The van der Waals surface area contributed by atoms with Crippen LogP contribution in [-0.2, 0) is 0 Å². The molecule has 0 radical (unpaired) electrons. The molecule has 24 heavy (non-hydrogen) atoms. The third-order valence-corrected chi connectivity index (χ3v) is 6.80. The summed E-state index contributed by atoms with van der Waals surface area (Å²) in [5, 5.41) is 0. The van der Waals surface area contributed by atoms with Gasteiger partial charge in [0.05, 0.1) is 0 Å². The fourth-order valence-electron chi connectivity index (χ4n) is 5.40. The number of nitrogens with zero attached hydrogens (tertiary/aromatic N) is 3. The van der Waals surface area contributed by atoms with Gasteiger partial charge in [-0.15, -0.1) is 0 Å². The van der Waals surface area contributed by atoms with Gasteiger partial charge in [0.2, 0.25) is 0 Å². The van der Waals surface area contributed by atoms with Gasteiger partial charge >= 0.3 is 0 Å². The van der Waals surface area contributed by atoms with Crippen molar-refractivity contribution < 1.29 is 0 Å². The van der Waals surface area contributed by atoms with Crippen LogP contribution in [0.25, 0.3) is 0 Å². The van der Waals surface area contributed by atoms with E-state index in [4.69, 9.17) is 0 Å². The normalized spacial score (nSPS) is 32.2. The van der Waals surface area contributed by atoms with E-state index in [1.165, 1.54) is 65.0 Å². The van der Waals surface area contributed by atoms with Crippen molar-refractivity contribution >= 4 is 0 Å². The highest BCUT2D eigenvalue weighted by Gasteiger charge is 2.43. The summed E-state index contributed by atoms with van der Waals surface area (Å²) in [6.45, 7) is 22.2. The van der Waals surface area contributed by atoms with Gasteiger partial charge in [-0.05, 0) is 98.7 Å². The van der Waals surface area contributed by atoms with Gasteiger partial charge in [0.15, 0.2) is 0 Å². The van der Waals surface area contributed by atoms with E-state index in [1.807, 2.05) is 0 Å². The molecule has 0 bridgehead atoms. The molecule has 0 aromatic heterocycles. The van der Waals surface area contributed by atoms with Crippen LogP contribution in [0.1, 0.15) is 67.2 Å². The second kappa shape index (κ2) is 6.89. The zero-order valence-electron chi connectivity index (χ0n) is 17.1. The molecule has 3 heteroatoms. The highest BCUT2D eigenvalue weighted by Crippen LogP contribution is 2.35. The van der Waals surface area contributed by atoms with Crippen LogP contribution in [0.15, 0.2) is 0 Å². The topological polar surface area (TPSA) is 9.72 Å². The summed E-state index contributed by atoms with van der Waals surface area (Å²) in [6.07, 6.45) is 5.64. The lowest BCUT2D eigenvalue weighted by atomic mass is 9.88. The SMILES string of the molecule is CC(C)(C)N1CCC(CN2CC3CCCN(C(C)(C)C)C3C2)CC1. The molecule has 3 saturated heterocycles. The first-order valence-corrected chi connectivity index (χ1v) is 10.4. The number of hydrogen-bond donors (Lipinski definition) is 0. The summed E-state index contributed by atoms with van der Waals surface area (Å²) in [6, 6.07) is 0.813. The van der Waals surface area contributed by atoms with Gasteiger partial charge in [-0.3, -0.25) is 9.80 Å². The van der Waals surface area contributed by atoms with Crippen molar-refractivity contribution in [2.24, 2.45) is 11.8 Å². The molecule has 3 aliphatic rings. The Morgan fingerprint density at radius 1 is 0.792 bits per heavy atom. The minimum atomic E-state index is 0.331. The number of rotatable bonds is 2. The van der Waals surface area contributed by atoms with E-state index in [0.717, 1.165) is 17.9 Å². The molecule has 0 spiro atoms. The Morgan fingerprint density at radius 2 is 1.46 bits per heavy atom. The second-order valence-electron chi connectivity index (χ2n) is 10.7. The summed E-state index contributed by atoms with van der Waals surface area (Å²) < 4.78 is 0. The maximum atomic E-state index is 2.82. The first-order chi connectivity index (χ1) is 11.1. The molecule has 0 amide bonds. The van der Waals surface area contributed by atoms with Crippen molar-refractivity contribution in [3.05, 3.63) is 0 Å². The number of piperidine rings is 2. The van der Waals surface area contributed by atoms with Crippen molar-refractivity contribution in [2.75, 3.05) is 39.3 Å². The maximum Gasteiger partial charge on any atom is 0.0268 e. The lowest BCUT2D eigenvalue weighted by Gasteiger charge is -2.45. The lowest BCUT2D eigenvalue weighted by Crippen LogP contribution is -2.54. The quantitative estimate of drug-likeness (QED) is 0.762. The van der Waals surface area contributed by atoms with Crippen molar-refractivity contribution in [1.82, 2.24) is 14.7 Å². The van der Waals surface area contributed by atoms with Crippen molar-refractivity contribution in [3.8, 4) is 0 Å². The third-order valence-electron chi connectivity index (χ3n) is 6.80. The van der Waals surface area contributed by atoms with Gasteiger partial charge in [0.1, 0.15) is 0 Å². The number of hydrogen-bond acceptors (Lipinski definition) is 3. The molecule has 3 aliphatic heterocycles. The van der Waals surface area contributed by atoms with Crippen molar-refractivity contribution in [1.29, 1.82) is 0 Å². The molecule has 0 N–H and O–H groups in total. The summed E-state index contributed by atoms with van der Waals surface area (Å²) >= 11 is 0. The van der Waals surface area contributed by atoms with Crippen LogP contribution in [0.4, 0.5) is 0 Å². The molecule has 0 aromatic carbocycles. The molecule has 3 nitrogen and oxygen atoms in total. The van der Waals surface area contributed by atoms with Crippen molar-refractivity contribution in [2.45, 2.75) is 84.3 Å². The molecule has 0 aliphatic carbocycles. The van der Waals surface area contributed by atoms with Gasteiger partial charge in [0, 0.05) is 36.8 Å². The lowest BCUT2D eigenvalue weighted by molar-refractivity contribution is 0.0359. The molecular weight excluding hydrogens is 294 g/mol. The summed E-state index contributed by atoms with van der Waals surface area (Å²) in [5.74, 6) is 1.85. The van der Waals surface area contributed by atoms with Crippen LogP contribution in [-0.4, -0.2) is 71.1 Å². The Labute approximate surface area is 150 Å². The van der Waals surface area contributed by atoms with Gasteiger partial charge in [-0.2, -0.15) is 0 Å². The molecule has 2 atom stereocenters. The number of likely N-dealkylation sites (tertiary alicyclic amines) is 3. The minimum absolute atomic E-state index is 0.331. The highest BCUT2D eigenvalue weighted by atomic mass is 15.3. The van der Waals surface area contributed by atoms with Crippen LogP contribution < -0.4 is 0 Å². The smallest absolute Gasteiger partial charge is 0.0268 e. The molecule has 0 saturated carbocycles. The van der Waals surface area contributed by atoms with E-state index in [9.17, 15) is 0 Å². The summed E-state index contributed by atoms with van der Waals surface area (Å²) in [5.41, 5.74) is 0.679. The molecule has 140 valence electrons. The molecule has 3 fully saturated rings. The molecule has 2 unspecified atom stereocenters. The predicted molar refractivity (Wildman–Crippen MR) is 103 cm³/mol. The predicted octanol–water partition coefficient (Wildman–Crippen LogP) is 3.69. The summed E-state index contributed by atoms with van der Waals surface area (Å²) in [4.78, 5) is 8.30. The molecular formula is C21H41N3. The van der Waals surface area contributed by atoms with Gasteiger partial charge in [-0.1, -0.05) is 0 Å². The highest BCUT2D eigenvalue weighted by molar-refractivity contribution is 4.98. The average molecular weight is 336 g/mol. The van der Waals surface area contributed by atoms with Crippen LogP contribution in [0, 0.1) is 11.8 Å². The van der Waals surface area contributed by atoms with Gasteiger partial charge in [0.25, 0.3) is 0 Å². The van der Waals surface area contributed by atoms with E-state index in [1.54, 1.807) is 0 Å². The molecule has 0 aromatic rings. The van der Waals surface area contributed by atoms with Crippen LogP contribution in [0.5, 0.6) is 0 Å². The largest absolute Gasteiger partial charge is 0.301 e. The molecule has 3 heterocycles. The first-order valence-electron chi connectivity index (χ1n) is 10.4. The standard InChI is InChI=1S/C21H41N3/c1-20(2,3)23-12-9-17(10-13-23)14-22-15-18-8-7-11-24(19(18)16-22)21(4,5)6/h17-19H,7-16H2,1-6H3. The number of fused-ring (bicyclic) bond motifs is 1. The second-order valence-corrected chi connectivity index (χ2v) is 10.7. The monoisotopic (exact) mass is 335 g/mol. The first kappa shape index (κ1) is 18.7. The zero-order chi connectivity index (χ0) is 17.5. The fraction of sp³-hybridized carbons (Fsp3) is 1.00. The molecule has 3 rings (SSSR count). The summed E-state index contributed by atoms with van der Waals surface area (Å²) in [7, 11) is 0. The third kappa shape index (κ3) is 4.16.